The van der Waals surface area contributed by atoms with Gasteiger partial charge in [0, 0.05) is 12.0 Å². The van der Waals surface area contributed by atoms with Crippen LogP contribution in [0.1, 0.15) is 56.9 Å². The highest BCUT2D eigenvalue weighted by Gasteiger charge is 2.30. The lowest BCUT2D eigenvalue weighted by Crippen LogP contribution is -2.26. The van der Waals surface area contributed by atoms with Gasteiger partial charge in [-0.3, -0.25) is 0 Å². The van der Waals surface area contributed by atoms with Crippen molar-refractivity contribution in [2.75, 3.05) is 11.9 Å². The minimum Gasteiger partial charge on any atom is -0.369 e. The molecule has 0 aromatic carbocycles. The van der Waals surface area contributed by atoms with Crippen LogP contribution in [0.5, 0.6) is 0 Å². The lowest BCUT2D eigenvalue weighted by Gasteiger charge is -2.31. The van der Waals surface area contributed by atoms with Gasteiger partial charge in [0.05, 0.1) is 11.3 Å². The van der Waals surface area contributed by atoms with Crippen molar-refractivity contribution in [3.8, 4) is 6.07 Å². The highest BCUT2D eigenvalue weighted by atomic mass is 15.0. The van der Waals surface area contributed by atoms with Crippen molar-refractivity contribution < 1.29 is 0 Å². The van der Waals surface area contributed by atoms with E-state index in [9.17, 15) is 5.26 Å². The van der Waals surface area contributed by atoms with Gasteiger partial charge < -0.3 is 5.32 Å². The van der Waals surface area contributed by atoms with Crippen molar-refractivity contribution in [2.24, 2.45) is 0 Å². The van der Waals surface area contributed by atoms with E-state index in [2.05, 4.69) is 32.2 Å². The highest BCUT2D eigenvalue weighted by Crippen LogP contribution is 2.36. The Balaban J connectivity index is 2.46. The Morgan fingerprint density at radius 2 is 2.28 bits per heavy atom. The lowest BCUT2D eigenvalue weighted by atomic mass is 9.75. The van der Waals surface area contributed by atoms with Gasteiger partial charge in [0.15, 0.2) is 0 Å². The average molecular weight is 243 g/mol. The predicted octanol–water partition coefficient (Wildman–Crippen LogP) is 3.39. The number of fused-ring (bicyclic) bond motifs is 1. The van der Waals surface area contributed by atoms with E-state index in [-0.39, 0.29) is 5.41 Å². The fourth-order valence-electron chi connectivity index (χ4n) is 2.63. The number of rotatable bonds is 3. The van der Waals surface area contributed by atoms with Gasteiger partial charge in [0.1, 0.15) is 11.9 Å². The standard InChI is InChI=1S/C15H21N3/c1-4-8-17-14-12(10-16)9-11-6-5-7-15(2,3)13(11)18-14/h9H,4-8H2,1-3H3,(H,17,18). The summed E-state index contributed by atoms with van der Waals surface area (Å²) in [6, 6.07) is 4.29. The maximum atomic E-state index is 9.22. The summed E-state index contributed by atoms with van der Waals surface area (Å²) in [6.07, 6.45) is 4.45. The number of pyridine rings is 1. The second kappa shape index (κ2) is 4.97. The number of nitriles is 1. The van der Waals surface area contributed by atoms with E-state index in [0.29, 0.717) is 5.56 Å². The molecule has 18 heavy (non-hydrogen) atoms. The third kappa shape index (κ3) is 2.33. The van der Waals surface area contributed by atoms with Gasteiger partial charge in [-0.1, -0.05) is 20.8 Å². The van der Waals surface area contributed by atoms with E-state index >= 15 is 0 Å². The molecule has 3 nitrogen and oxygen atoms in total. The summed E-state index contributed by atoms with van der Waals surface area (Å²) >= 11 is 0. The van der Waals surface area contributed by atoms with Crippen LogP contribution in [0.4, 0.5) is 5.82 Å². The van der Waals surface area contributed by atoms with Crippen LogP contribution in [-0.2, 0) is 11.8 Å². The summed E-state index contributed by atoms with van der Waals surface area (Å²) in [6.45, 7) is 7.46. The van der Waals surface area contributed by atoms with E-state index in [1.165, 1.54) is 24.1 Å². The van der Waals surface area contributed by atoms with Crippen LogP contribution in [0, 0.1) is 11.3 Å². The number of hydrogen-bond acceptors (Lipinski definition) is 3. The van der Waals surface area contributed by atoms with Crippen molar-refractivity contribution in [1.82, 2.24) is 4.98 Å². The third-order valence-corrected chi connectivity index (χ3v) is 3.65. The summed E-state index contributed by atoms with van der Waals surface area (Å²) in [4.78, 5) is 4.74. The number of hydrogen-bond donors (Lipinski definition) is 1. The molecule has 0 bridgehead atoms. The number of aromatic nitrogens is 1. The maximum Gasteiger partial charge on any atom is 0.144 e. The Labute approximate surface area is 109 Å². The molecule has 0 atom stereocenters. The van der Waals surface area contributed by atoms with Gasteiger partial charge in [-0.15, -0.1) is 0 Å². The zero-order valence-corrected chi connectivity index (χ0v) is 11.5. The first-order chi connectivity index (χ1) is 8.58. The Hall–Kier alpha value is -1.56. The molecule has 0 spiro atoms. The molecule has 1 aliphatic rings. The molecule has 0 unspecified atom stereocenters. The predicted molar refractivity (Wildman–Crippen MR) is 73.7 cm³/mol. The molecule has 0 fully saturated rings. The lowest BCUT2D eigenvalue weighted by molar-refractivity contribution is 0.418. The van der Waals surface area contributed by atoms with Crippen LogP contribution in [-0.4, -0.2) is 11.5 Å². The van der Waals surface area contributed by atoms with Gasteiger partial charge in [-0.25, -0.2) is 4.98 Å². The van der Waals surface area contributed by atoms with Crippen LogP contribution < -0.4 is 5.32 Å². The van der Waals surface area contributed by atoms with Gasteiger partial charge in [-0.2, -0.15) is 5.26 Å². The molecule has 1 N–H and O–H groups in total. The minimum absolute atomic E-state index is 0.129. The Bertz CT molecular complexity index is 483. The Morgan fingerprint density at radius 1 is 1.50 bits per heavy atom. The first kappa shape index (κ1) is 12.9. The molecular formula is C15H21N3. The SMILES string of the molecule is CCCNc1nc2c(cc1C#N)CCCC2(C)C. The molecule has 1 aliphatic carbocycles. The minimum atomic E-state index is 0.129. The molecule has 1 heterocycles. The van der Waals surface area contributed by atoms with Gasteiger partial charge in [0.2, 0.25) is 0 Å². The van der Waals surface area contributed by atoms with Crippen molar-refractivity contribution >= 4 is 5.82 Å². The summed E-state index contributed by atoms with van der Waals surface area (Å²) in [5, 5.41) is 12.5. The zero-order valence-electron chi connectivity index (χ0n) is 11.5. The van der Waals surface area contributed by atoms with Crippen molar-refractivity contribution in [2.45, 2.75) is 51.9 Å². The van der Waals surface area contributed by atoms with E-state index < -0.39 is 0 Å². The molecule has 0 saturated carbocycles. The van der Waals surface area contributed by atoms with Crippen molar-refractivity contribution in [3.63, 3.8) is 0 Å². The number of nitrogens with zero attached hydrogens (tertiary/aromatic N) is 2. The van der Waals surface area contributed by atoms with Crippen LogP contribution >= 0.6 is 0 Å². The van der Waals surface area contributed by atoms with Crippen molar-refractivity contribution in [3.05, 3.63) is 22.9 Å². The third-order valence-electron chi connectivity index (χ3n) is 3.65. The Kier molecular flexibility index (Phi) is 3.56. The van der Waals surface area contributed by atoms with E-state index in [4.69, 9.17) is 4.98 Å². The molecule has 1 aromatic heterocycles. The molecular weight excluding hydrogens is 222 g/mol. The van der Waals surface area contributed by atoms with E-state index in [1.807, 2.05) is 6.07 Å². The summed E-state index contributed by atoms with van der Waals surface area (Å²) in [5.74, 6) is 0.757. The highest BCUT2D eigenvalue weighted by molar-refractivity contribution is 5.55. The number of nitrogens with one attached hydrogen (secondary N) is 1. The quantitative estimate of drug-likeness (QED) is 0.885. The molecule has 0 aliphatic heterocycles. The fourth-order valence-corrected chi connectivity index (χ4v) is 2.63. The second-order valence-corrected chi connectivity index (χ2v) is 5.67. The number of aryl methyl sites for hydroxylation is 1. The van der Waals surface area contributed by atoms with Crippen LogP contribution in [0.15, 0.2) is 6.07 Å². The molecule has 1 aromatic rings. The van der Waals surface area contributed by atoms with E-state index in [0.717, 1.165) is 25.2 Å². The first-order valence-corrected chi connectivity index (χ1v) is 6.77. The zero-order chi connectivity index (χ0) is 13.2. The summed E-state index contributed by atoms with van der Waals surface area (Å²) in [7, 11) is 0. The largest absolute Gasteiger partial charge is 0.369 e. The first-order valence-electron chi connectivity index (χ1n) is 6.77. The number of anilines is 1. The average Bonchev–Trinajstić information content (AvgIpc) is 2.35. The van der Waals surface area contributed by atoms with Crippen molar-refractivity contribution in [1.29, 1.82) is 5.26 Å². The van der Waals surface area contributed by atoms with Crippen LogP contribution in [0.2, 0.25) is 0 Å². The second-order valence-electron chi connectivity index (χ2n) is 5.67. The monoisotopic (exact) mass is 243 g/mol. The van der Waals surface area contributed by atoms with Crippen LogP contribution in [0.3, 0.4) is 0 Å². The topological polar surface area (TPSA) is 48.7 Å². The van der Waals surface area contributed by atoms with Gasteiger partial charge in [-0.05, 0) is 37.3 Å². The molecule has 2 rings (SSSR count). The maximum absolute atomic E-state index is 9.22. The van der Waals surface area contributed by atoms with Crippen LogP contribution in [0.25, 0.3) is 0 Å². The summed E-state index contributed by atoms with van der Waals surface area (Å²) in [5.41, 5.74) is 3.24. The molecule has 0 saturated heterocycles. The molecule has 0 radical (unpaired) electrons. The van der Waals surface area contributed by atoms with Gasteiger partial charge >= 0.3 is 0 Å². The molecule has 3 heteroatoms. The summed E-state index contributed by atoms with van der Waals surface area (Å²) < 4.78 is 0. The Morgan fingerprint density at radius 3 is 2.94 bits per heavy atom. The molecule has 0 amide bonds. The normalized spacial score (nSPS) is 16.8. The van der Waals surface area contributed by atoms with Gasteiger partial charge in [0.25, 0.3) is 0 Å². The molecule has 96 valence electrons. The fraction of sp³-hybridized carbons (Fsp3) is 0.600. The smallest absolute Gasteiger partial charge is 0.144 e. The van der Waals surface area contributed by atoms with E-state index in [1.54, 1.807) is 0 Å².